The molecule has 2 rings (SSSR count). The largest absolute Gasteiger partial charge is 0.397 e. The average molecular weight is 431 g/mol. The highest BCUT2D eigenvalue weighted by molar-refractivity contribution is 14.1. The molecule has 0 saturated heterocycles. The van der Waals surface area contributed by atoms with Gasteiger partial charge in [-0.05, 0) is 52.9 Å². The molecule has 2 aromatic rings. The Morgan fingerprint density at radius 3 is 2.63 bits per heavy atom. The summed E-state index contributed by atoms with van der Waals surface area (Å²) in [5.74, 6) is -0.0800. The molecule has 98 valence electrons. The molecule has 0 spiro atoms. The van der Waals surface area contributed by atoms with Crippen LogP contribution in [0, 0.1) is 3.57 Å². The van der Waals surface area contributed by atoms with Crippen molar-refractivity contribution >= 4 is 55.8 Å². The van der Waals surface area contributed by atoms with E-state index in [4.69, 9.17) is 5.73 Å². The van der Waals surface area contributed by atoms with Gasteiger partial charge in [-0.15, -0.1) is 0 Å². The van der Waals surface area contributed by atoms with Crippen molar-refractivity contribution in [2.75, 3.05) is 17.7 Å². The molecule has 0 saturated carbocycles. The number of rotatable bonds is 2. The Morgan fingerprint density at radius 2 is 1.95 bits per heavy atom. The molecule has 0 fully saturated rings. The summed E-state index contributed by atoms with van der Waals surface area (Å²) in [6, 6.07) is 13.0. The quantitative estimate of drug-likeness (QED) is 0.579. The summed E-state index contributed by atoms with van der Waals surface area (Å²) in [5.41, 5.74) is 7.85. The fourth-order valence-electron chi connectivity index (χ4n) is 1.74. The maximum atomic E-state index is 12.5. The van der Waals surface area contributed by atoms with Crippen LogP contribution < -0.4 is 10.6 Å². The van der Waals surface area contributed by atoms with Crippen LogP contribution in [0.5, 0.6) is 0 Å². The van der Waals surface area contributed by atoms with Crippen LogP contribution in [0.2, 0.25) is 0 Å². The predicted octanol–water partition coefficient (Wildman–Crippen LogP) is 3.91. The first-order valence-electron chi connectivity index (χ1n) is 5.58. The molecule has 5 heteroatoms. The van der Waals surface area contributed by atoms with Gasteiger partial charge in [0.15, 0.2) is 0 Å². The number of hydrogen-bond donors (Lipinski definition) is 1. The zero-order valence-electron chi connectivity index (χ0n) is 10.2. The second kappa shape index (κ2) is 5.92. The van der Waals surface area contributed by atoms with Crippen molar-refractivity contribution in [3.8, 4) is 0 Å². The molecule has 19 heavy (non-hydrogen) atoms. The number of amides is 1. The first kappa shape index (κ1) is 14.3. The molecule has 3 nitrogen and oxygen atoms in total. The molecule has 0 aliphatic carbocycles. The van der Waals surface area contributed by atoms with Gasteiger partial charge in [-0.2, -0.15) is 0 Å². The van der Waals surface area contributed by atoms with Gasteiger partial charge in [-0.1, -0.05) is 28.1 Å². The van der Waals surface area contributed by atoms with Crippen molar-refractivity contribution < 1.29 is 4.79 Å². The molecule has 0 aromatic heterocycles. The van der Waals surface area contributed by atoms with Crippen molar-refractivity contribution in [1.82, 2.24) is 0 Å². The van der Waals surface area contributed by atoms with Crippen LogP contribution in [-0.4, -0.2) is 13.0 Å². The summed E-state index contributed by atoms with van der Waals surface area (Å²) in [7, 11) is 1.73. The average Bonchev–Trinajstić information content (AvgIpc) is 2.40. The summed E-state index contributed by atoms with van der Waals surface area (Å²) < 4.78 is 1.79. The van der Waals surface area contributed by atoms with Gasteiger partial charge in [0.2, 0.25) is 0 Å². The number of nitrogens with two attached hydrogens (primary N) is 1. The monoisotopic (exact) mass is 430 g/mol. The molecule has 0 aliphatic rings. The number of carbonyl (C=O) groups is 1. The highest BCUT2D eigenvalue weighted by Gasteiger charge is 2.17. The molecular weight excluding hydrogens is 419 g/mol. The van der Waals surface area contributed by atoms with Gasteiger partial charge in [-0.3, -0.25) is 4.79 Å². The molecule has 0 heterocycles. The van der Waals surface area contributed by atoms with Gasteiger partial charge >= 0.3 is 0 Å². The third-order valence-electron chi connectivity index (χ3n) is 2.76. The molecule has 2 aromatic carbocycles. The topological polar surface area (TPSA) is 46.3 Å². The SMILES string of the molecule is CN(C(=O)c1cc(Br)ccc1I)c1ccccc1N. The Morgan fingerprint density at radius 1 is 1.26 bits per heavy atom. The predicted molar refractivity (Wildman–Crippen MR) is 90.4 cm³/mol. The third-order valence-corrected chi connectivity index (χ3v) is 4.20. The minimum absolute atomic E-state index is 0.0800. The molecule has 0 aliphatic heterocycles. The number of para-hydroxylation sites is 2. The zero-order chi connectivity index (χ0) is 14.0. The van der Waals surface area contributed by atoms with E-state index in [9.17, 15) is 4.79 Å². The number of nitrogens with zero attached hydrogens (tertiary/aromatic N) is 1. The molecule has 0 atom stereocenters. The summed E-state index contributed by atoms with van der Waals surface area (Å²) in [6.07, 6.45) is 0. The van der Waals surface area contributed by atoms with E-state index in [1.54, 1.807) is 18.0 Å². The summed E-state index contributed by atoms with van der Waals surface area (Å²) in [5, 5.41) is 0. The van der Waals surface area contributed by atoms with Gasteiger partial charge in [-0.25, -0.2) is 0 Å². The lowest BCUT2D eigenvalue weighted by atomic mass is 10.2. The molecular formula is C14H12BrIN2O. The number of hydrogen-bond acceptors (Lipinski definition) is 2. The smallest absolute Gasteiger partial charge is 0.259 e. The van der Waals surface area contributed by atoms with Gasteiger partial charge in [0, 0.05) is 15.1 Å². The van der Waals surface area contributed by atoms with E-state index in [0.29, 0.717) is 16.9 Å². The Kier molecular flexibility index (Phi) is 4.46. The number of halogens is 2. The van der Waals surface area contributed by atoms with E-state index in [-0.39, 0.29) is 5.91 Å². The highest BCUT2D eigenvalue weighted by Crippen LogP contribution is 2.25. The number of carbonyl (C=O) groups excluding carboxylic acids is 1. The van der Waals surface area contributed by atoms with Crippen LogP contribution >= 0.6 is 38.5 Å². The van der Waals surface area contributed by atoms with Gasteiger partial charge in [0.25, 0.3) is 5.91 Å². The fraction of sp³-hybridized carbons (Fsp3) is 0.0714. The Balaban J connectivity index is 2.39. The lowest BCUT2D eigenvalue weighted by Crippen LogP contribution is -2.27. The number of anilines is 2. The zero-order valence-corrected chi connectivity index (χ0v) is 14.0. The van der Waals surface area contributed by atoms with Crippen LogP contribution in [0.15, 0.2) is 46.9 Å². The van der Waals surface area contributed by atoms with E-state index >= 15 is 0 Å². The fourth-order valence-corrected chi connectivity index (χ4v) is 2.67. The first-order valence-corrected chi connectivity index (χ1v) is 7.45. The normalized spacial score (nSPS) is 10.3. The lowest BCUT2D eigenvalue weighted by Gasteiger charge is -2.20. The van der Waals surface area contributed by atoms with Gasteiger partial charge < -0.3 is 10.6 Å². The Bertz CT molecular complexity index is 631. The van der Waals surface area contributed by atoms with Crippen molar-refractivity contribution in [2.24, 2.45) is 0 Å². The summed E-state index contributed by atoms with van der Waals surface area (Å²) >= 11 is 5.54. The van der Waals surface area contributed by atoms with Crippen molar-refractivity contribution in [2.45, 2.75) is 0 Å². The molecule has 0 bridgehead atoms. The summed E-state index contributed by atoms with van der Waals surface area (Å²) in [6.45, 7) is 0. The Hall–Kier alpha value is -1.08. The maximum absolute atomic E-state index is 12.5. The molecule has 2 N–H and O–H groups in total. The van der Waals surface area contributed by atoms with Crippen LogP contribution in [0.1, 0.15) is 10.4 Å². The van der Waals surface area contributed by atoms with Gasteiger partial charge in [0.1, 0.15) is 0 Å². The van der Waals surface area contributed by atoms with Crippen LogP contribution in [0.25, 0.3) is 0 Å². The van der Waals surface area contributed by atoms with E-state index in [1.165, 1.54) is 0 Å². The van der Waals surface area contributed by atoms with E-state index in [1.807, 2.05) is 36.4 Å². The Labute approximate surface area is 134 Å². The minimum Gasteiger partial charge on any atom is -0.397 e. The van der Waals surface area contributed by atoms with Crippen LogP contribution in [-0.2, 0) is 0 Å². The van der Waals surface area contributed by atoms with Crippen molar-refractivity contribution in [3.63, 3.8) is 0 Å². The van der Waals surface area contributed by atoms with Crippen molar-refractivity contribution in [1.29, 1.82) is 0 Å². The third kappa shape index (κ3) is 3.09. The van der Waals surface area contributed by atoms with Crippen molar-refractivity contribution in [3.05, 3.63) is 56.1 Å². The second-order valence-corrected chi connectivity index (χ2v) is 6.13. The highest BCUT2D eigenvalue weighted by atomic mass is 127. The van der Waals surface area contributed by atoms with Gasteiger partial charge in [0.05, 0.1) is 16.9 Å². The van der Waals surface area contributed by atoms with E-state index < -0.39 is 0 Å². The number of nitrogen functional groups attached to an aromatic ring is 1. The standard InChI is InChI=1S/C14H12BrIN2O/c1-18(13-5-3-2-4-12(13)17)14(19)10-8-9(15)6-7-11(10)16/h2-8H,17H2,1H3. The first-order chi connectivity index (χ1) is 9.00. The maximum Gasteiger partial charge on any atom is 0.259 e. The van der Waals surface area contributed by atoms with E-state index in [0.717, 1.165) is 8.04 Å². The lowest BCUT2D eigenvalue weighted by molar-refractivity contribution is 0.0992. The second-order valence-electron chi connectivity index (χ2n) is 4.05. The molecule has 0 radical (unpaired) electrons. The number of benzene rings is 2. The molecule has 1 amide bonds. The summed E-state index contributed by atoms with van der Waals surface area (Å²) in [4.78, 5) is 14.1. The molecule has 0 unspecified atom stereocenters. The van der Waals surface area contributed by atoms with Crippen LogP contribution in [0.4, 0.5) is 11.4 Å². The van der Waals surface area contributed by atoms with E-state index in [2.05, 4.69) is 38.5 Å². The minimum atomic E-state index is -0.0800. The van der Waals surface area contributed by atoms with Crippen LogP contribution in [0.3, 0.4) is 0 Å².